The average Bonchev–Trinajstić information content (AvgIpc) is 2.78. The second-order valence-corrected chi connectivity index (χ2v) is 6.45. The topological polar surface area (TPSA) is 24.5 Å². The van der Waals surface area contributed by atoms with Gasteiger partial charge in [0.15, 0.2) is 0 Å². The van der Waals surface area contributed by atoms with Crippen LogP contribution in [0.2, 0.25) is 0 Å². The summed E-state index contributed by atoms with van der Waals surface area (Å²) < 4.78 is 5.57. The quantitative estimate of drug-likeness (QED) is 0.814. The number of likely N-dealkylation sites (tertiary alicyclic amines) is 1. The fourth-order valence-electron chi connectivity index (χ4n) is 3.50. The van der Waals surface area contributed by atoms with Crippen molar-refractivity contribution >= 4 is 0 Å². The van der Waals surface area contributed by atoms with E-state index in [0.717, 1.165) is 5.92 Å². The molecule has 0 bridgehead atoms. The highest BCUT2D eigenvalue weighted by Crippen LogP contribution is 2.23. The zero-order valence-electron chi connectivity index (χ0n) is 12.3. The van der Waals surface area contributed by atoms with Crippen LogP contribution in [-0.4, -0.2) is 49.8 Å². The van der Waals surface area contributed by atoms with E-state index in [-0.39, 0.29) is 0 Å². The Labute approximate surface area is 112 Å². The van der Waals surface area contributed by atoms with Gasteiger partial charge in [-0.1, -0.05) is 13.8 Å². The van der Waals surface area contributed by atoms with E-state index in [0.29, 0.717) is 18.2 Å². The summed E-state index contributed by atoms with van der Waals surface area (Å²) in [7, 11) is 1.86. The van der Waals surface area contributed by atoms with Gasteiger partial charge in [0.1, 0.15) is 0 Å². The molecule has 0 radical (unpaired) electrons. The molecule has 1 saturated carbocycles. The molecule has 3 heteroatoms. The van der Waals surface area contributed by atoms with Gasteiger partial charge in [-0.15, -0.1) is 0 Å². The van der Waals surface area contributed by atoms with Gasteiger partial charge < -0.3 is 15.0 Å². The predicted molar refractivity (Wildman–Crippen MR) is 75.9 cm³/mol. The van der Waals surface area contributed by atoms with E-state index in [1.54, 1.807) is 0 Å². The number of nitrogens with one attached hydrogen (secondary N) is 1. The number of rotatable bonds is 5. The molecule has 106 valence electrons. The summed E-state index contributed by atoms with van der Waals surface area (Å²) in [5, 5.41) is 3.84. The fourth-order valence-corrected chi connectivity index (χ4v) is 3.50. The number of nitrogens with zero attached hydrogens (tertiary/aromatic N) is 1. The molecular formula is C15H30N2O. The van der Waals surface area contributed by atoms with Crippen molar-refractivity contribution in [2.45, 2.75) is 64.1 Å². The highest BCUT2D eigenvalue weighted by atomic mass is 16.5. The molecule has 2 atom stereocenters. The zero-order valence-corrected chi connectivity index (χ0v) is 12.3. The van der Waals surface area contributed by atoms with Crippen LogP contribution < -0.4 is 5.32 Å². The molecule has 0 aromatic rings. The van der Waals surface area contributed by atoms with Crippen LogP contribution in [0.1, 0.15) is 46.0 Å². The standard InChI is InChI=1S/C15H30N2O/c1-12(2)11-17-9-7-13(8-10-17)16-14-5-4-6-15(14)18-3/h12-16H,4-11H2,1-3H3. The van der Waals surface area contributed by atoms with E-state index in [1.165, 1.54) is 51.7 Å². The molecule has 0 aromatic heterocycles. The van der Waals surface area contributed by atoms with Crippen molar-refractivity contribution < 1.29 is 4.74 Å². The Bertz CT molecular complexity index is 237. The van der Waals surface area contributed by atoms with Gasteiger partial charge in [-0.2, -0.15) is 0 Å². The van der Waals surface area contributed by atoms with Crippen LogP contribution in [0, 0.1) is 5.92 Å². The molecule has 0 aromatic carbocycles. The fraction of sp³-hybridized carbons (Fsp3) is 1.00. The minimum Gasteiger partial charge on any atom is -0.380 e. The molecule has 18 heavy (non-hydrogen) atoms. The first-order chi connectivity index (χ1) is 8.69. The monoisotopic (exact) mass is 254 g/mol. The summed E-state index contributed by atoms with van der Waals surface area (Å²) in [6, 6.07) is 1.32. The normalized spacial score (nSPS) is 31.3. The highest BCUT2D eigenvalue weighted by molar-refractivity contribution is 4.88. The lowest BCUT2D eigenvalue weighted by atomic mass is 10.0. The lowest BCUT2D eigenvalue weighted by Crippen LogP contribution is -2.49. The third kappa shape index (κ3) is 3.94. The molecule has 1 aliphatic heterocycles. The van der Waals surface area contributed by atoms with E-state index in [1.807, 2.05) is 7.11 Å². The summed E-state index contributed by atoms with van der Waals surface area (Å²) in [6.07, 6.45) is 6.92. The van der Waals surface area contributed by atoms with Crippen LogP contribution >= 0.6 is 0 Å². The van der Waals surface area contributed by atoms with Gasteiger partial charge in [0.25, 0.3) is 0 Å². The Morgan fingerprint density at radius 2 is 1.89 bits per heavy atom. The molecule has 3 nitrogen and oxygen atoms in total. The number of hydrogen-bond donors (Lipinski definition) is 1. The van der Waals surface area contributed by atoms with Crippen molar-refractivity contribution in [1.29, 1.82) is 0 Å². The molecule has 2 aliphatic rings. The van der Waals surface area contributed by atoms with Crippen molar-refractivity contribution in [2.75, 3.05) is 26.7 Å². The first-order valence-electron chi connectivity index (χ1n) is 7.70. The number of hydrogen-bond acceptors (Lipinski definition) is 3. The van der Waals surface area contributed by atoms with Crippen molar-refractivity contribution in [2.24, 2.45) is 5.92 Å². The van der Waals surface area contributed by atoms with E-state index in [9.17, 15) is 0 Å². The van der Waals surface area contributed by atoms with Crippen LogP contribution in [0.5, 0.6) is 0 Å². The molecule has 1 aliphatic carbocycles. The molecule has 0 spiro atoms. The van der Waals surface area contributed by atoms with E-state index in [2.05, 4.69) is 24.1 Å². The SMILES string of the molecule is COC1CCCC1NC1CCN(CC(C)C)CC1. The lowest BCUT2D eigenvalue weighted by molar-refractivity contribution is 0.0751. The van der Waals surface area contributed by atoms with Gasteiger partial charge in [-0.3, -0.25) is 0 Å². The zero-order chi connectivity index (χ0) is 13.0. The van der Waals surface area contributed by atoms with E-state index in [4.69, 9.17) is 4.74 Å². The third-order valence-corrected chi connectivity index (χ3v) is 4.42. The summed E-state index contributed by atoms with van der Waals surface area (Å²) in [5.41, 5.74) is 0. The molecule has 0 amide bonds. The Morgan fingerprint density at radius 3 is 2.50 bits per heavy atom. The molecule has 2 rings (SSSR count). The maximum Gasteiger partial charge on any atom is 0.0724 e. The van der Waals surface area contributed by atoms with Crippen molar-refractivity contribution in [3.05, 3.63) is 0 Å². The van der Waals surface area contributed by atoms with E-state index >= 15 is 0 Å². The van der Waals surface area contributed by atoms with Gasteiger partial charge >= 0.3 is 0 Å². The second-order valence-electron chi connectivity index (χ2n) is 6.45. The maximum absolute atomic E-state index is 5.57. The summed E-state index contributed by atoms with van der Waals surface area (Å²) >= 11 is 0. The Kier molecular flexibility index (Phi) is 5.46. The largest absolute Gasteiger partial charge is 0.380 e. The Hall–Kier alpha value is -0.120. The van der Waals surface area contributed by atoms with Crippen LogP contribution in [0.4, 0.5) is 0 Å². The van der Waals surface area contributed by atoms with Crippen molar-refractivity contribution in [1.82, 2.24) is 10.2 Å². The van der Waals surface area contributed by atoms with Crippen molar-refractivity contribution in [3.63, 3.8) is 0 Å². The average molecular weight is 254 g/mol. The van der Waals surface area contributed by atoms with Crippen LogP contribution in [-0.2, 0) is 4.74 Å². The third-order valence-electron chi connectivity index (χ3n) is 4.42. The first-order valence-corrected chi connectivity index (χ1v) is 7.70. The number of piperidine rings is 1. The molecule has 2 fully saturated rings. The highest BCUT2D eigenvalue weighted by Gasteiger charge is 2.30. The maximum atomic E-state index is 5.57. The van der Waals surface area contributed by atoms with Crippen LogP contribution in [0.25, 0.3) is 0 Å². The molecular weight excluding hydrogens is 224 g/mol. The molecule has 2 unspecified atom stereocenters. The number of methoxy groups -OCH3 is 1. The van der Waals surface area contributed by atoms with Gasteiger partial charge in [0, 0.05) is 25.7 Å². The Balaban J connectivity index is 1.70. The second kappa shape index (κ2) is 6.88. The number of ether oxygens (including phenoxy) is 1. The van der Waals surface area contributed by atoms with Crippen LogP contribution in [0.3, 0.4) is 0 Å². The lowest BCUT2D eigenvalue weighted by Gasteiger charge is -2.35. The molecule has 1 heterocycles. The van der Waals surface area contributed by atoms with Gasteiger partial charge in [-0.05, 0) is 51.1 Å². The summed E-state index contributed by atoms with van der Waals surface area (Å²) in [4.78, 5) is 2.62. The predicted octanol–water partition coefficient (Wildman–Crippen LogP) is 2.26. The molecule has 1 saturated heterocycles. The summed E-state index contributed by atoms with van der Waals surface area (Å²) in [5.74, 6) is 0.794. The van der Waals surface area contributed by atoms with Crippen molar-refractivity contribution in [3.8, 4) is 0 Å². The smallest absolute Gasteiger partial charge is 0.0724 e. The van der Waals surface area contributed by atoms with Crippen LogP contribution in [0.15, 0.2) is 0 Å². The van der Waals surface area contributed by atoms with E-state index < -0.39 is 0 Å². The minimum absolute atomic E-state index is 0.457. The Morgan fingerprint density at radius 1 is 1.17 bits per heavy atom. The minimum atomic E-state index is 0.457. The van der Waals surface area contributed by atoms with Gasteiger partial charge in [0.05, 0.1) is 6.10 Å². The first kappa shape index (κ1) is 14.3. The molecule has 1 N–H and O–H groups in total. The van der Waals surface area contributed by atoms with Gasteiger partial charge in [0.2, 0.25) is 0 Å². The summed E-state index contributed by atoms with van der Waals surface area (Å²) in [6.45, 7) is 8.41. The van der Waals surface area contributed by atoms with Gasteiger partial charge in [-0.25, -0.2) is 0 Å².